The number of carbonyl (C=O) groups is 1. The Hall–Kier alpha value is -0.360. The highest BCUT2D eigenvalue weighted by atomic mass is 35.5. The van der Waals surface area contributed by atoms with Crippen molar-refractivity contribution >= 4 is 18.3 Å². The van der Waals surface area contributed by atoms with Gasteiger partial charge in [-0.25, -0.2) is 0 Å². The topological polar surface area (TPSA) is 59.6 Å². The zero-order chi connectivity index (χ0) is 12.6. The molecule has 0 aliphatic carbocycles. The molecule has 0 saturated carbocycles. The van der Waals surface area contributed by atoms with Crippen molar-refractivity contribution in [1.29, 1.82) is 0 Å². The van der Waals surface area contributed by atoms with Gasteiger partial charge >= 0.3 is 0 Å². The van der Waals surface area contributed by atoms with Crippen molar-refractivity contribution in [1.82, 2.24) is 10.6 Å². The molecule has 6 heteroatoms. The molecule has 0 aromatic heterocycles. The van der Waals surface area contributed by atoms with E-state index in [1.807, 2.05) is 0 Å². The third-order valence-electron chi connectivity index (χ3n) is 3.52. The molecular weight excluding hydrogens is 268 g/mol. The minimum Gasteiger partial charge on any atom is -0.381 e. The van der Waals surface area contributed by atoms with Crippen LogP contribution in [-0.2, 0) is 14.3 Å². The lowest BCUT2D eigenvalue weighted by Gasteiger charge is -2.11. The van der Waals surface area contributed by atoms with Gasteiger partial charge in [-0.15, -0.1) is 12.4 Å². The summed E-state index contributed by atoms with van der Waals surface area (Å²) in [4.78, 5) is 11.7. The monoisotopic (exact) mass is 292 g/mol. The van der Waals surface area contributed by atoms with Crippen molar-refractivity contribution in [2.24, 2.45) is 5.92 Å². The van der Waals surface area contributed by atoms with E-state index in [9.17, 15) is 4.79 Å². The van der Waals surface area contributed by atoms with E-state index in [1.54, 1.807) is 0 Å². The quantitative estimate of drug-likeness (QED) is 0.679. The molecule has 2 rings (SSSR count). The standard InChI is InChI=1S/C13H24N2O3.ClH/c16-13(12-3-1-5-14-12)15-6-2-7-17-9-11-4-8-18-10-11;/h11-12,14H,1-10H2,(H,15,16);1H. The van der Waals surface area contributed by atoms with Crippen molar-refractivity contribution in [3.63, 3.8) is 0 Å². The highest BCUT2D eigenvalue weighted by molar-refractivity contribution is 5.85. The van der Waals surface area contributed by atoms with E-state index in [2.05, 4.69) is 10.6 Å². The van der Waals surface area contributed by atoms with Crippen LogP contribution >= 0.6 is 12.4 Å². The minimum absolute atomic E-state index is 0. The highest BCUT2D eigenvalue weighted by Gasteiger charge is 2.21. The second-order valence-corrected chi connectivity index (χ2v) is 5.10. The Morgan fingerprint density at radius 1 is 1.42 bits per heavy atom. The highest BCUT2D eigenvalue weighted by Crippen LogP contribution is 2.12. The van der Waals surface area contributed by atoms with E-state index < -0.39 is 0 Å². The van der Waals surface area contributed by atoms with Crippen molar-refractivity contribution in [2.75, 3.05) is 39.5 Å². The third-order valence-corrected chi connectivity index (χ3v) is 3.52. The lowest BCUT2D eigenvalue weighted by atomic mass is 10.1. The molecule has 2 saturated heterocycles. The van der Waals surface area contributed by atoms with Crippen LogP contribution in [0.1, 0.15) is 25.7 Å². The van der Waals surface area contributed by atoms with Crippen LogP contribution in [0.3, 0.4) is 0 Å². The van der Waals surface area contributed by atoms with Gasteiger partial charge in [0.2, 0.25) is 5.91 Å². The largest absolute Gasteiger partial charge is 0.381 e. The van der Waals surface area contributed by atoms with Crippen LogP contribution in [0.5, 0.6) is 0 Å². The predicted molar refractivity (Wildman–Crippen MR) is 75.6 cm³/mol. The molecule has 0 bridgehead atoms. The number of rotatable bonds is 7. The van der Waals surface area contributed by atoms with Gasteiger partial charge in [-0.2, -0.15) is 0 Å². The summed E-state index contributed by atoms with van der Waals surface area (Å²) >= 11 is 0. The maximum absolute atomic E-state index is 11.7. The van der Waals surface area contributed by atoms with E-state index in [4.69, 9.17) is 9.47 Å². The van der Waals surface area contributed by atoms with Crippen LogP contribution in [0.25, 0.3) is 0 Å². The van der Waals surface area contributed by atoms with E-state index in [1.165, 1.54) is 0 Å². The van der Waals surface area contributed by atoms with E-state index in [-0.39, 0.29) is 24.4 Å². The number of carbonyl (C=O) groups excluding carboxylic acids is 1. The molecule has 2 aliphatic heterocycles. The summed E-state index contributed by atoms with van der Waals surface area (Å²) in [6.45, 7) is 4.89. The van der Waals surface area contributed by atoms with Gasteiger partial charge in [-0.05, 0) is 32.2 Å². The maximum atomic E-state index is 11.7. The summed E-state index contributed by atoms with van der Waals surface area (Å²) in [5, 5.41) is 6.14. The second kappa shape index (κ2) is 9.53. The first kappa shape index (κ1) is 16.7. The summed E-state index contributed by atoms with van der Waals surface area (Å²) in [6, 6.07) is 0.0292. The van der Waals surface area contributed by atoms with Gasteiger partial charge in [0.1, 0.15) is 0 Å². The summed E-state index contributed by atoms with van der Waals surface area (Å²) < 4.78 is 10.9. The molecular formula is C13H25ClN2O3. The maximum Gasteiger partial charge on any atom is 0.237 e. The molecule has 2 heterocycles. The first-order valence-corrected chi connectivity index (χ1v) is 7.03. The Labute approximate surface area is 121 Å². The first-order valence-electron chi connectivity index (χ1n) is 7.03. The molecule has 2 unspecified atom stereocenters. The van der Waals surface area contributed by atoms with Crippen LogP contribution in [-0.4, -0.2) is 51.5 Å². The van der Waals surface area contributed by atoms with Gasteiger partial charge in [0.15, 0.2) is 0 Å². The lowest BCUT2D eigenvalue weighted by Crippen LogP contribution is -2.40. The van der Waals surface area contributed by atoms with Crippen molar-refractivity contribution in [2.45, 2.75) is 31.7 Å². The molecule has 0 radical (unpaired) electrons. The molecule has 0 aromatic carbocycles. The molecule has 2 fully saturated rings. The van der Waals surface area contributed by atoms with Gasteiger partial charge in [0, 0.05) is 25.7 Å². The van der Waals surface area contributed by atoms with Crippen molar-refractivity contribution in [3.8, 4) is 0 Å². The van der Waals surface area contributed by atoms with E-state index in [0.29, 0.717) is 12.5 Å². The van der Waals surface area contributed by atoms with Crippen LogP contribution in [0, 0.1) is 5.92 Å². The smallest absolute Gasteiger partial charge is 0.237 e. The first-order chi connectivity index (χ1) is 8.86. The molecule has 0 aromatic rings. The van der Waals surface area contributed by atoms with Gasteiger partial charge in [0.25, 0.3) is 0 Å². The summed E-state index contributed by atoms with van der Waals surface area (Å²) in [5.74, 6) is 0.707. The molecule has 0 spiro atoms. The lowest BCUT2D eigenvalue weighted by molar-refractivity contribution is -0.122. The summed E-state index contributed by atoms with van der Waals surface area (Å²) in [6.07, 6.45) is 4.06. The minimum atomic E-state index is 0. The van der Waals surface area contributed by atoms with Crippen molar-refractivity contribution < 1.29 is 14.3 Å². The molecule has 1 amide bonds. The molecule has 2 aliphatic rings. The fraction of sp³-hybridized carbons (Fsp3) is 0.923. The number of ether oxygens (including phenoxy) is 2. The number of halogens is 1. The molecule has 2 N–H and O–H groups in total. The molecule has 19 heavy (non-hydrogen) atoms. The SMILES string of the molecule is Cl.O=C(NCCCOCC1CCOC1)C1CCCN1. The fourth-order valence-corrected chi connectivity index (χ4v) is 2.38. The van der Waals surface area contributed by atoms with Crippen LogP contribution in [0.4, 0.5) is 0 Å². The molecule has 112 valence electrons. The summed E-state index contributed by atoms with van der Waals surface area (Å²) in [5.41, 5.74) is 0. The van der Waals surface area contributed by atoms with Crippen LogP contribution < -0.4 is 10.6 Å². The Morgan fingerprint density at radius 2 is 2.32 bits per heavy atom. The number of hydrogen-bond acceptors (Lipinski definition) is 4. The predicted octanol–water partition coefficient (Wildman–Crippen LogP) is 0.720. The zero-order valence-corrected chi connectivity index (χ0v) is 12.2. The second-order valence-electron chi connectivity index (χ2n) is 5.10. The van der Waals surface area contributed by atoms with Crippen LogP contribution in [0.2, 0.25) is 0 Å². The fourth-order valence-electron chi connectivity index (χ4n) is 2.38. The molecule has 5 nitrogen and oxygen atoms in total. The van der Waals surface area contributed by atoms with Gasteiger partial charge in [-0.3, -0.25) is 4.79 Å². The average molecular weight is 293 g/mol. The van der Waals surface area contributed by atoms with Gasteiger partial charge < -0.3 is 20.1 Å². The van der Waals surface area contributed by atoms with E-state index >= 15 is 0 Å². The Morgan fingerprint density at radius 3 is 3.00 bits per heavy atom. The summed E-state index contributed by atoms with van der Waals surface area (Å²) in [7, 11) is 0. The van der Waals surface area contributed by atoms with E-state index in [0.717, 1.165) is 58.7 Å². The van der Waals surface area contributed by atoms with Gasteiger partial charge in [-0.1, -0.05) is 0 Å². The Balaban J connectivity index is 0.00000180. The van der Waals surface area contributed by atoms with Crippen LogP contribution in [0.15, 0.2) is 0 Å². The Kier molecular flexibility index (Phi) is 8.37. The van der Waals surface area contributed by atoms with Crippen molar-refractivity contribution in [3.05, 3.63) is 0 Å². The third kappa shape index (κ3) is 6.08. The molecule has 2 atom stereocenters. The normalized spacial score (nSPS) is 26.1. The number of hydrogen-bond donors (Lipinski definition) is 2. The van der Waals surface area contributed by atoms with Gasteiger partial charge in [0.05, 0.1) is 19.3 Å². The number of amides is 1. The number of nitrogens with one attached hydrogen (secondary N) is 2. The average Bonchev–Trinajstić information content (AvgIpc) is 3.05. The zero-order valence-electron chi connectivity index (χ0n) is 11.4. The Bertz CT molecular complexity index is 254.